The maximum Gasteiger partial charge on any atom is 0.0236 e. The number of piperidine rings is 1. The van der Waals surface area contributed by atoms with Crippen molar-refractivity contribution in [2.45, 2.75) is 37.8 Å². The lowest BCUT2D eigenvalue weighted by molar-refractivity contribution is 0.130. The number of fused-ring (bicyclic) bond motifs is 3. The van der Waals surface area contributed by atoms with E-state index < -0.39 is 0 Å². The molecule has 180 valence electrons. The maximum absolute atomic E-state index is 2.49. The molecule has 6 rings (SSSR count). The monoisotopic (exact) mass is 434 g/mol. The molecule has 6 aliphatic heterocycles. The Hall–Kier alpha value is -0.240. The van der Waals surface area contributed by atoms with Crippen LogP contribution in [0.15, 0.2) is 0 Å². The van der Waals surface area contributed by atoms with Crippen molar-refractivity contribution in [3.8, 4) is 0 Å². The van der Waals surface area contributed by atoms with Crippen LogP contribution in [0.3, 0.4) is 0 Å². The lowest BCUT2D eigenvalue weighted by atomic mass is 9.78. The third-order valence-electron chi connectivity index (χ3n) is 9.32. The Morgan fingerprint density at radius 2 is 0.935 bits per heavy atom. The predicted molar refractivity (Wildman–Crippen MR) is 131 cm³/mol. The standard InChI is InChI=1S/C10H20N2.C8H16N2.C7H14N2/c1-11-6-3-10(4-7-11)5-8-12(2)9-10;1-9-3-7-5-10(2)6-8(7)4-9;1-8-4-7-3-6(8)5-9(7)2/h3-9H2,1-2H3;7-8H,3-6H2,1-2H3;6-7H,3-5H2,1-2H3. The topological polar surface area (TPSA) is 19.4 Å². The zero-order valence-corrected chi connectivity index (χ0v) is 21.4. The Kier molecular flexibility index (Phi) is 7.67. The van der Waals surface area contributed by atoms with Gasteiger partial charge in [-0.1, -0.05) is 0 Å². The van der Waals surface area contributed by atoms with Crippen molar-refractivity contribution in [2.24, 2.45) is 17.3 Å². The molecule has 0 amide bonds. The molecule has 0 aromatic carbocycles. The van der Waals surface area contributed by atoms with Crippen LogP contribution in [-0.2, 0) is 0 Å². The summed E-state index contributed by atoms with van der Waals surface area (Å²) in [6.07, 6.45) is 5.70. The summed E-state index contributed by atoms with van der Waals surface area (Å²) in [4.78, 5) is 14.8. The van der Waals surface area contributed by atoms with Crippen LogP contribution in [-0.4, -0.2) is 149 Å². The van der Waals surface area contributed by atoms with Crippen LogP contribution in [0.25, 0.3) is 0 Å². The molecule has 6 aliphatic rings. The van der Waals surface area contributed by atoms with Crippen molar-refractivity contribution in [3.05, 3.63) is 0 Å². The Bertz CT molecular complexity index is 530. The number of rotatable bonds is 0. The largest absolute Gasteiger partial charge is 0.306 e. The van der Waals surface area contributed by atoms with Gasteiger partial charge in [-0.2, -0.15) is 0 Å². The molecule has 0 aromatic rings. The number of likely N-dealkylation sites (tertiary alicyclic amines) is 6. The highest BCUT2D eigenvalue weighted by Crippen LogP contribution is 2.39. The van der Waals surface area contributed by atoms with Crippen molar-refractivity contribution in [1.82, 2.24) is 29.4 Å². The molecule has 6 heteroatoms. The highest BCUT2D eigenvalue weighted by atomic mass is 15.3. The van der Waals surface area contributed by atoms with Gasteiger partial charge in [0.1, 0.15) is 0 Å². The van der Waals surface area contributed by atoms with E-state index in [-0.39, 0.29) is 0 Å². The first kappa shape index (κ1) is 23.9. The van der Waals surface area contributed by atoms with Crippen molar-refractivity contribution < 1.29 is 0 Å². The molecule has 0 radical (unpaired) electrons. The van der Waals surface area contributed by atoms with E-state index >= 15 is 0 Å². The third kappa shape index (κ3) is 5.82. The van der Waals surface area contributed by atoms with Gasteiger partial charge in [-0.3, -0.25) is 0 Å². The van der Waals surface area contributed by atoms with Crippen LogP contribution in [0.5, 0.6) is 0 Å². The van der Waals surface area contributed by atoms with Gasteiger partial charge >= 0.3 is 0 Å². The second-order valence-corrected chi connectivity index (χ2v) is 12.2. The van der Waals surface area contributed by atoms with Crippen LogP contribution in [0.2, 0.25) is 0 Å². The summed E-state index contributed by atoms with van der Waals surface area (Å²) in [6.45, 7) is 13.2. The average Bonchev–Trinajstić information content (AvgIpc) is 3.49. The molecule has 6 fully saturated rings. The minimum atomic E-state index is 0.710. The van der Waals surface area contributed by atoms with Gasteiger partial charge in [-0.15, -0.1) is 0 Å². The molecule has 6 heterocycles. The van der Waals surface area contributed by atoms with Gasteiger partial charge in [-0.25, -0.2) is 0 Å². The third-order valence-corrected chi connectivity index (χ3v) is 9.32. The molecule has 2 bridgehead atoms. The molecule has 0 saturated carbocycles. The Balaban J connectivity index is 0.000000113. The number of likely N-dealkylation sites (N-methyl/N-ethyl adjacent to an activating group) is 2. The van der Waals surface area contributed by atoms with Crippen molar-refractivity contribution in [3.63, 3.8) is 0 Å². The summed E-state index contributed by atoms with van der Waals surface area (Å²) in [6, 6.07) is 1.75. The molecule has 1 spiro atoms. The minimum absolute atomic E-state index is 0.710. The van der Waals surface area contributed by atoms with Crippen LogP contribution in [0, 0.1) is 17.3 Å². The first-order chi connectivity index (χ1) is 14.7. The van der Waals surface area contributed by atoms with Gasteiger partial charge in [0.25, 0.3) is 0 Å². The molecule has 0 aromatic heterocycles. The molecule has 6 nitrogen and oxygen atoms in total. The Labute approximate surface area is 192 Å². The quantitative estimate of drug-likeness (QED) is 0.566. The summed E-state index contributed by atoms with van der Waals surface area (Å²) >= 11 is 0. The normalized spacial score (nSPS) is 38.9. The Morgan fingerprint density at radius 3 is 1.29 bits per heavy atom. The van der Waals surface area contributed by atoms with E-state index in [2.05, 4.69) is 71.7 Å². The van der Waals surface area contributed by atoms with Gasteiger partial charge in [0, 0.05) is 57.9 Å². The summed E-state index contributed by atoms with van der Waals surface area (Å²) < 4.78 is 0. The van der Waals surface area contributed by atoms with E-state index in [9.17, 15) is 0 Å². The second kappa shape index (κ2) is 9.94. The predicted octanol–water partition coefficient (Wildman–Crippen LogP) is 1.15. The number of hydrogen-bond acceptors (Lipinski definition) is 6. The van der Waals surface area contributed by atoms with Gasteiger partial charge in [-0.05, 0) is 105 Å². The van der Waals surface area contributed by atoms with E-state index in [1.807, 2.05) is 0 Å². The first-order valence-electron chi connectivity index (χ1n) is 12.9. The van der Waals surface area contributed by atoms with Crippen molar-refractivity contribution in [2.75, 3.05) is 108 Å². The first-order valence-corrected chi connectivity index (χ1v) is 12.9. The Morgan fingerprint density at radius 1 is 0.516 bits per heavy atom. The van der Waals surface area contributed by atoms with Gasteiger partial charge in [0.2, 0.25) is 0 Å². The molecule has 2 unspecified atom stereocenters. The summed E-state index contributed by atoms with van der Waals surface area (Å²) in [7, 11) is 13.4. The van der Waals surface area contributed by atoms with Crippen LogP contribution in [0.4, 0.5) is 0 Å². The zero-order valence-electron chi connectivity index (χ0n) is 21.4. The number of nitrogens with zero attached hydrogens (tertiary/aromatic N) is 6. The second-order valence-electron chi connectivity index (χ2n) is 12.2. The summed E-state index contributed by atoms with van der Waals surface area (Å²) in [5.41, 5.74) is 0.710. The summed E-state index contributed by atoms with van der Waals surface area (Å²) in [5.74, 6) is 1.96. The van der Waals surface area contributed by atoms with E-state index in [0.29, 0.717) is 5.41 Å². The van der Waals surface area contributed by atoms with E-state index in [1.54, 1.807) is 0 Å². The molecule has 6 saturated heterocycles. The molecule has 31 heavy (non-hydrogen) atoms. The highest BCUT2D eigenvalue weighted by molar-refractivity contribution is 4.96. The maximum atomic E-state index is 2.49. The molecule has 0 aliphatic carbocycles. The minimum Gasteiger partial charge on any atom is -0.306 e. The van der Waals surface area contributed by atoms with Crippen LogP contribution >= 0.6 is 0 Å². The molecular weight excluding hydrogens is 384 g/mol. The zero-order chi connectivity index (χ0) is 22.2. The lowest BCUT2D eigenvalue weighted by Gasteiger charge is -2.37. The van der Waals surface area contributed by atoms with E-state index in [1.165, 1.54) is 91.1 Å². The molecule has 2 atom stereocenters. The fraction of sp³-hybridized carbons (Fsp3) is 1.00. The fourth-order valence-corrected chi connectivity index (χ4v) is 7.19. The molecule has 0 N–H and O–H groups in total. The van der Waals surface area contributed by atoms with Gasteiger partial charge < -0.3 is 29.4 Å². The van der Waals surface area contributed by atoms with Gasteiger partial charge in [0.15, 0.2) is 0 Å². The number of piperazine rings is 1. The van der Waals surface area contributed by atoms with Crippen molar-refractivity contribution in [1.29, 1.82) is 0 Å². The molecular formula is C25H50N6. The smallest absolute Gasteiger partial charge is 0.0236 e. The van der Waals surface area contributed by atoms with Crippen molar-refractivity contribution >= 4 is 0 Å². The average molecular weight is 435 g/mol. The van der Waals surface area contributed by atoms with Crippen LogP contribution in [0.1, 0.15) is 25.7 Å². The van der Waals surface area contributed by atoms with E-state index in [0.717, 1.165) is 23.9 Å². The summed E-state index contributed by atoms with van der Waals surface area (Å²) in [5, 5.41) is 0. The fourth-order valence-electron chi connectivity index (χ4n) is 7.19. The lowest BCUT2D eigenvalue weighted by Crippen LogP contribution is -2.42. The highest BCUT2D eigenvalue weighted by Gasteiger charge is 2.40. The van der Waals surface area contributed by atoms with Gasteiger partial charge in [0.05, 0.1) is 0 Å². The SMILES string of the molecule is CN1CC2CC1CN2C.CN1CC2CN(C)CC2C1.CN1CCC2(CC1)CCN(C)C2. The van der Waals surface area contributed by atoms with Crippen LogP contribution < -0.4 is 0 Å². The number of hydrogen-bond donors (Lipinski definition) is 0. The van der Waals surface area contributed by atoms with E-state index in [4.69, 9.17) is 0 Å².